The molecule has 130 valence electrons. The fourth-order valence-electron chi connectivity index (χ4n) is 2.05. The number of nitrogens with one attached hydrogen (secondary N) is 1. The van der Waals surface area contributed by atoms with Gasteiger partial charge >= 0.3 is 12.1 Å². The lowest BCUT2D eigenvalue weighted by atomic mass is 10.1. The maximum Gasteiger partial charge on any atom is 0.407 e. The van der Waals surface area contributed by atoms with E-state index in [0.29, 0.717) is 0 Å². The molecule has 0 heterocycles. The van der Waals surface area contributed by atoms with Crippen molar-refractivity contribution in [1.29, 1.82) is 0 Å². The molecule has 6 heteroatoms. The van der Waals surface area contributed by atoms with Gasteiger partial charge in [-0.25, -0.2) is 14.0 Å². The molecule has 1 N–H and O–H groups in total. The minimum atomic E-state index is -0.740. The molecule has 2 aromatic rings. The van der Waals surface area contributed by atoms with E-state index in [4.69, 9.17) is 4.74 Å². The number of rotatable bonds is 6. The van der Waals surface area contributed by atoms with Gasteiger partial charge in [0.15, 0.2) is 0 Å². The first-order valence-corrected chi connectivity index (χ1v) is 7.59. The van der Waals surface area contributed by atoms with Gasteiger partial charge in [-0.05, 0) is 11.6 Å². The van der Waals surface area contributed by atoms with Gasteiger partial charge in [0.05, 0.1) is 12.7 Å². The molecule has 2 aromatic carbocycles. The summed E-state index contributed by atoms with van der Waals surface area (Å²) in [7, 11) is 1.19. The molecule has 0 aromatic heterocycles. The van der Waals surface area contributed by atoms with Gasteiger partial charge in [0.25, 0.3) is 0 Å². The number of carbonyl (C=O) groups excluding carboxylic acids is 2. The average molecular weight is 343 g/mol. The molecule has 0 fully saturated rings. The van der Waals surface area contributed by atoms with E-state index in [1.165, 1.54) is 25.3 Å². The number of hydrogen-bond donors (Lipinski definition) is 1. The summed E-state index contributed by atoms with van der Waals surface area (Å²) in [5.74, 6) is -1.41. The molecule has 0 bridgehead atoms. The highest BCUT2D eigenvalue weighted by Crippen LogP contribution is 2.15. The van der Waals surface area contributed by atoms with Crippen LogP contribution in [0, 0.1) is 5.82 Å². The number of methoxy groups -OCH3 is 1. The zero-order valence-electron chi connectivity index (χ0n) is 13.7. The normalized spacial score (nSPS) is 10.5. The molecule has 0 spiro atoms. The standard InChI is InChI=1S/C19H18FNO4/c1-24-18(22)16-11-5-9-15(17(16)20)10-6-12-21-19(23)25-13-14-7-3-2-4-8-14/h2-11H,12-13H2,1H3,(H,21,23). The molecule has 0 radical (unpaired) electrons. The van der Waals surface area contributed by atoms with E-state index in [2.05, 4.69) is 10.1 Å². The van der Waals surface area contributed by atoms with Crippen LogP contribution in [0.2, 0.25) is 0 Å². The van der Waals surface area contributed by atoms with Crippen LogP contribution in [0.25, 0.3) is 6.08 Å². The Kier molecular flexibility index (Phi) is 6.71. The van der Waals surface area contributed by atoms with Crippen LogP contribution < -0.4 is 5.32 Å². The van der Waals surface area contributed by atoms with Crippen molar-refractivity contribution in [2.75, 3.05) is 13.7 Å². The Morgan fingerprint density at radius 2 is 1.88 bits per heavy atom. The Bertz CT molecular complexity index is 759. The predicted molar refractivity (Wildman–Crippen MR) is 91.4 cm³/mol. The van der Waals surface area contributed by atoms with E-state index in [9.17, 15) is 14.0 Å². The summed E-state index contributed by atoms with van der Waals surface area (Å²) in [6, 6.07) is 13.7. The van der Waals surface area contributed by atoms with Gasteiger partial charge in [-0.1, -0.05) is 54.6 Å². The topological polar surface area (TPSA) is 64.6 Å². The summed E-state index contributed by atoms with van der Waals surface area (Å²) in [6.07, 6.45) is 2.46. The lowest BCUT2D eigenvalue weighted by Gasteiger charge is -2.05. The minimum Gasteiger partial charge on any atom is -0.465 e. The van der Waals surface area contributed by atoms with Gasteiger partial charge < -0.3 is 14.8 Å². The molecule has 0 saturated carbocycles. The molecule has 0 aliphatic rings. The summed E-state index contributed by atoms with van der Waals surface area (Å²) < 4.78 is 23.7. The van der Waals surface area contributed by atoms with Gasteiger partial charge in [0, 0.05) is 12.1 Å². The van der Waals surface area contributed by atoms with Gasteiger partial charge in [0.1, 0.15) is 12.4 Å². The van der Waals surface area contributed by atoms with E-state index in [1.54, 1.807) is 12.1 Å². The second kappa shape index (κ2) is 9.22. The monoisotopic (exact) mass is 343 g/mol. The van der Waals surface area contributed by atoms with Gasteiger partial charge in [-0.15, -0.1) is 0 Å². The Hall–Kier alpha value is -3.15. The van der Waals surface area contributed by atoms with Crippen LogP contribution in [0.5, 0.6) is 0 Å². The van der Waals surface area contributed by atoms with E-state index in [-0.39, 0.29) is 24.3 Å². The Labute approximate surface area is 145 Å². The second-order valence-electron chi connectivity index (χ2n) is 5.05. The molecule has 0 aliphatic heterocycles. The van der Waals surface area contributed by atoms with Gasteiger partial charge in [0.2, 0.25) is 0 Å². The van der Waals surface area contributed by atoms with Crippen LogP contribution in [0.1, 0.15) is 21.5 Å². The number of halogens is 1. The summed E-state index contributed by atoms with van der Waals surface area (Å²) in [4.78, 5) is 23.0. The third-order valence-corrected chi connectivity index (χ3v) is 3.31. The van der Waals surface area contributed by atoms with Crippen LogP contribution in [-0.4, -0.2) is 25.7 Å². The molecule has 0 unspecified atom stereocenters. The SMILES string of the molecule is COC(=O)c1cccc(C=CCNC(=O)OCc2ccccc2)c1F. The molecular weight excluding hydrogens is 325 g/mol. The summed E-state index contributed by atoms with van der Waals surface area (Å²) in [5.41, 5.74) is 0.970. The number of benzene rings is 2. The second-order valence-corrected chi connectivity index (χ2v) is 5.05. The van der Waals surface area contributed by atoms with Crippen molar-refractivity contribution >= 4 is 18.1 Å². The first kappa shape index (κ1) is 18.2. The van der Waals surface area contributed by atoms with E-state index in [1.807, 2.05) is 30.3 Å². The third kappa shape index (κ3) is 5.46. The van der Waals surface area contributed by atoms with Crippen molar-refractivity contribution in [3.63, 3.8) is 0 Å². The molecule has 0 aliphatic carbocycles. The number of ether oxygens (including phenoxy) is 2. The van der Waals surface area contributed by atoms with Crippen molar-refractivity contribution in [1.82, 2.24) is 5.32 Å². The molecule has 2 rings (SSSR count). The molecule has 25 heavy (non-hydrogen) atoms. The van der Waals surface area contributed by atoms with Gasteiger partial charge in [-0.3, -0.25) is 0 Å². The van der Waals surface area contributed by atoms with E-state index >= 15 is 0 Å². The van der Waals surface area contributed by atoms with E-state index in [0.717, 1.165) is 5.56 Å². The largest absolute Gasteiger partial charge is 0.465 e. The Morgan fingerprint density at radius 1 is 1.12 bits per heavy atom. The zero-order valence-corrected chi connectivity index (χ0v) is 13.7. The quantitative estimate of drug-likeness (QED) is 0.815. The number of esters is 1. The number of alkyl carbamates (subject to hydrolysis) is 1. The van der Waals surface area contributed by atoms with Crippen LogP contribution in [0.4, 0.5) is 9.18 Å². The molecule has 0 atom stereocenters. The smallest absolute Gasteiger partial charge is 0.407 e. The van der Waals surface area contributed by atoms with Crippen molar-refractivity contribution in [3.8, 4) is 0 Å². The fraction of sp³-hybridized carbons (Fsp3) is 0.158. The lowest BCUT2D eigenvalue weighted by molar-refractivity contribution is 0.0595. The fourth-order valence-corrected chi connectivity index (χ4v) is 2.05. The lowest BCUT2D eigenvalue weighted by Crippen LogP contribution is -2.24. The minimum absolute atomic E-state index is 0.139. The van der Waals surface area contributed by atoms with Crippen molar-refractivity contribution in [3.05, 3.63) is 77.1 Å². The molecular formula is C19H18FNO4. The molecule has 1 amide bonds. The van der Waals surface area contributed by atoms with Crippen molar-refractivity contribution in [2.45, 2.75) is 6.61 Å². The number of hydrogen-bond acceptors (Lipinski definition) is 4. The Balaban J connectivity index is 1.83. The van der Waals surface area contributed by atoms with Crippen molar-refractivity contribution in [2.24, 2.45) is 0 Å². The molecule has 0 saturated heterocycles. The maximum atomic E-state index is 14.1. The van der Waals surface area contributed by atoms with Crippen LogP contribution in [-0.2, 0) is 16.1 Å². The van der Waals surface area contributed by atoms with Crippen LogP contribution in [0.15, 0.2) is 54.6 Å². The predicted octanol–water partition coefficient (Wildman–Crippen LogP) is 3.55. The highest BCUT2D eigenvalue weighted by molar-refractivity contribution is 5.90. The average Bonchev–Trinajstić information content (AvgIpc) is 2.65. The highest BCUT2D eigenvalue weighted by Gasteiger charge is 2.13. The van der Waals surface area contributed by atoms with Crippen molar-refractivity contribution < 1.29 is 23.5 Å². The number of carbonyl (C=O) groups is 2. The summed E-state index contributed by atoms with van der Waals surface area (Å²) >= 11 is 0. The van der Waals surface area contributed by atoms with Crippen LogP contribution in [0.3, 0.4) is 0 Å². The zero-order chi connectivity index (χ0) is 18.1. The summed E-state index contributed by atoms with van der Waals surface area (Å²) in [6.45, 7) is 0.335. The number of amides is 1. The van der Waals surface area contributed by atoms with Gasteiger partial charge in [-0.2, -0.15) is 0 Å². The summed E-state index contributed by atoms with van der Waals surface area (Å²) in [5, 5.41) is 2.53. The molecule has 5 nitrogen and oxygen atoms in total. The Morgan fingerprint density at radius 3 is 2.60 bits per heavy atom. The first-order valence-electron chi connectivity index (χ1n) is 7.59. The van der Waals surface area contributed by atoms with Crippen LogP contribution >= 0.6 is 0 Å². The third-order valence-electron chi connectivity index (χ3n) is 3.31. The first-order chi connectivity index (χ1) is 12.1. The maximum absolute atomic E-state index is 14.1. The van der Waals surface area contributed by atoms with E-state index < -0.39 is 17.9 Å². The highest BCUT2D eigenvalue weighted by atomic mass is 19.1.